The molecule has 16 rings (SSSR count). The number of carbonyl (C=O) groups excluding carboxylic acids is 2. The molecule has 0 aliphatic rings. The molecule has 16 aromatic rings. The van der Waals surface area contributed by atoms with Gasteiger partial charge in [0.1, 0.15) is 54.1 Å². The number of rotatable bonds is 31. The average Bonchev–Trinajstić information content (AvgIpc) is 0.749. The number of esters is 2. The van der Waals surface area contributed by atoms with E-state index < -0.39 is 103 Å². The number of nitrogens with one attached hydrogen (secondary N) is 3. The summed E-state index contributed by atoms with van der Waals surface area (Å²) in [4.78, 5) is 46.4. The maximum absolute atomic E-state index is 13.7. The molecule has 0 amide bonds. The summed E-state index contributed by atoms with van der Waals surface area (Å²) < 4.78 is 209. The zero-order valence-electron chi connectivity index (χ0n) is 76.9. The number of carboxylic acids is 1. The Bertz CT molecular complexity index is 8100. The normalized spacial score (nSPS) is 11.4. The highest BCUT2D eigenvalue weighted by atomic mass is 32.2. The van der Waals surface area contributed by atoms with E-state index in [4.69, 9.17) is 55.1 Å². The minimum atomic E-state index is -4.32. The Morgan fingerprint density at radius 2 is 0.493 bits per heavy atom. The maximum atomic E-state index is 13.7. The van der Waals surface area contributed by atoms with E-state index in [2.05, 4.69) is 14.2 Å². The first kappa shape index (κ1) is 104. The summed E-state index contributed by atoms with van der Waals surface area (Å²) in [5, 5.41) is 26.0. The second-order valence-electron chi connectivity index (χ2n) is 30.3. The molecule has 0 bridgehead atoms. The number of non-ortho nitro benzene ring substituents is 1. The number of nitro benzene ring substituents is 1. The highest BCUT2D eigenvalue weighted by Gasteiger charge is 2.34. The van der Waals surface area contributed by atoms with Gasteiger partial charge in [-0.3, -0.25) is 51.6 Å². The number of anilines is 9. The van der Waals surface area contributed by atoms with E-state index in [9.17, 15) is 80.1 Å². The Hall–Kier alpha value is -16.7. The third kappa shape index (κ3) is 24.2. The third-order valence-electron chi connectivity index (χ3n) is 21.7. The number of nitrogens with two attached hydrogens (primary N) is 3. The molecule has 0 aliphatic carbocycles. The van der Waals surface area contributed by atoms with Gasteiger partial charge in [-0.05, 0) is 206 Å². The first-order valence-electron chi connectivity index (χ1n) is 42.1. The number of aliphatic carboxylic acids is 1. The third-order valence-corrected chi connectivity index (χ3v) is 31.2. The number of hydrogen-bond donors (Lipinski definition) is 7. The van der Waals surface area contributed by atoms with Gasteiger partial charge in [0, 0.05) is 71.6 Å². The van der Waals surface area contributed by atoms with Crippen LogP contribution in [0.4, 0.5) is 56.9 Å². The zero-order valence-corrected chi connectivity index (χ0v) is 81.8. The van der Waals surface area contributed by atoms with Crippen LogP contribution in [-0.4, -0.2) is 155 Å². The quantitative estimate of drug-likeness (QED) is 0.00918. The van der Waals surface area contributed by atoms with Gasteiger partial charge in [-0.15, -0.1) is 0 Å². The van der Waals surface area contributed by atoms with Crippen molar-refractivity contribution in [2.45, 2.75) is 29.4 Å². The molecule has 0 spiro atoms. The second kappa shape index (κ2) is 45.3. The lowest BCUT2D eigenvalue weighted by Crippen LogP contribution is -2.36. The van der Waals surface area contributed by atoms with Crippen LogP contribution in [-0.2, 0) is 84.0 Å². The lowest BCUT2D eigenvalue weighted by Gasteiger charge is -2.25. The first-order valence-corrected chi connectivity index (χ1v) is 50.9. The summed E-state index contributed by atoms with van der Waals surface area (Å²) in [6.07, 6.45) is 0. The highest BCUT2D eigenvalue weighted by molar-refractivity contribution is 7.94. The minimum Gasteiger partial charge on any atom is -0.497 e. The number of nitrogens with zero attached hydrogens (tertiary/aromatic N) is 4. The number of hydrogen-bond acceptors (Lipinski definition) is 28. The fourth-order valence-corrected chi connectivity index (χ4v) is 22.0. The van der Waals surface area contributed by atoms with E-state index in [-0.39, 0.29) is 57.8 Å². The number of nitrogen functional groups attached to an aromatic ring is 3. The van der Waals surface area contributed by atoms with E-state index in [1.54, 1.807) is 140 Å². The largest absolute Gasteiger partial charge is 0.497 e. The highest BCUT2D eigenvalue weighted by Crippen LogP contribution is 2.42. The number of ether oxygens (including phenoxy) is 8. The van der Waals surface area contributed by atoms with Gasteiger partial charge in [-0.1, -0.05) is 115 Å². The van der Waals surface area contributed by atoms with E-state index in [1.807, 2.05) is 36.4 Å². The Kier molecular flexibility index (Phi) is 33.2. The van der Waals surface area contributed by atoms with Gasteiger partial charge in [-0.2, -0.15) is 0 Å². The van der Waals surface area contributed by atoms with Crippen LogP contribution < -0.4 is 72.7 Å². The SMILES string of the molecule is COC(=O)CN(c1ccc(N)c2ccccc12)S(=O)(=O)c1ccc(OC)cc1.COC(=O)CN(c1ccc(NS(=O)(=O)c2ccc(OC)cc2)c2ccccc12)S(=O)(=O)c1ccc(OC)cc1.COc1ccc(S(=O)(=O)Nc2ccc(N(CC(=O)O)S(=O)(=O)c3ccc(OC)cc3)c3ccccc23)cc1.COc1ccc(S(=O)(=O)Nc2ccc(N)c3ccccc23)cc1.Nc1ccc([N+](=O)[O-])c2ccccc12. The molecule has 16 aromatic carbocycles. The number of nitro groups is 1. The predicted molar refractivity (Wildman–Crippen MR) is 545 cm³/mol. The number of sulfonamides is 6. The topological polar surface area (TPSA) is 517 Å². The van der Waals surface area contributed by atoms with Gasteiger partial charge in [0.05, 0.1) is 131 Å². The smallest absolute Gasteiger partial charge is 0.326 e. The Labute approximate surface area is 818 Å². The first-order chi connectivity index (χ1) is 67.7. The van der Waals surface area contributed by atoms with E-state index >= 15 is 0 Å². The molecule has 736 valence electrons. The molecule has 0 unspecified atom stereocenters. The van der Waals surface area contributed by atoms with Crippen molar-refractivity contribution in [1.29, 1.82) is 0 Å². The van der Waals surface area contributed by atoms with Crippen molar-refractivity contribution in [1.82, 2.24) is 0 Å². The van der Waals surface area contributed by atoms with Crippen LogP contribution in [0.25, 0.3) is 53.9 Å². The maximum Gasteiger partial charge on any atom is 0.326 e. The number of methoxy groups -OCH3 is 8. The lowest BCUT2D eigenvalue weighted by atomic mass is 10.1. The fraction of sp³-hybridized carbons (Fsp3) is 0.110. The standard InChI is InChI=1S/C27H26N2O8S2.C26H24N2O8S2.C20H20N2O5S.C17H16N2O3S.C10H8N2O2/c1-35-19-8-12-21(13-9-19)38(31,32)28-25-16-17-26(24-7-5-4-6-23(24)25)29(18-27(30)37-3)39(33,34)22-14-10-20(36-2)11-15-22;1-35-18-7-11-20(12-8-18)37(31,32)27-24-15-16-25(23-6-4-3-5-22(23)24)28(17-26(29)30)38(33,34)21-13-9-19(36-2)10-14-21;1-26-14-7-9-15(10-8-14)28(24,25)22(13-20(23)27-2)19-12-11-18(21)16-5-3-4-6-17(16)19;1-22-12-6-8-13(9-7-12)23(20,21)19-17-11-10-16(18)14-4-2-3-5-15(14)17;11-9-5-6-10(12(13)14)8-4-2-1-3-7(8)9/h4-17,28H,18H2,1-3H3;3-16,27H,17H2,1-2H3,(H,29,30);3-12H,13,21H2,1-2H3;2-11,19H,18H2,1H3;1-6H,11H2. The molecule has 0 atom stereocenters. The number of carboxylic acid groups (broad SMARTS) is 1. The molecule has 0 radical (unpaired) electrons. The van der Waals surface area contributed by atoms with Crippen LogP contribution in [0.15, 0.2) is 357 Å². The molecule has 0 saturated heterocycles. The molecule has 0 fully saturated rings. The van der Waals surface area contributed by atoms with Crippen LogP contribution in [0.2, 0.25) is 0 Å². The monoisotopic (exact) mass is 2040 g/mol. The van der Waals surface area contributed by atoms with Crippen molar-refractivity contribution >= 4 is 189 Å². The molecule has 142 heavy (non-hydrogen) atoms. The van der Waals surface area contributed by atoms with Crippen LogP contribution >= 0.6 is 0 Å². The number of benzene rings is 16. The molecule has 10 N–H and O–H groups in total. The average molecular weight is 2040 g/mol. The summed E-state index contributed by atoms with van der Waals surface area (Å²) >= 11 is 0. The molecule has 0 aromatic heterocycles. The Balaban J connectivity index is 0.000000164. The minimum absolute atomic E-state index is 0.000967. The van der Waals surface area contributed by atoms with Crippen LogP contribution in [0, 0.1) is 10.1 Å². The molecule has 0 saturated carbocycles. The van der Waals surface area contributed by atoms with Gasteiger partial charge in [-0.25, -0.2) is 50.5 Å². The summed E-state index contributed by atoms with van der Waals surface area (Å²) in [6, 6.07) is 85.2. The van der Waals surface area contributed by atoms with Crippen molar-refractivity contribution in [2.24, 2.45) is 0 Å². The molecule has 0 aliphatic heterocycles. The number of carbonyl (C=O) groups is 3. The van der Waals surface area contributed by atoms with Crippen LogP contribution in [0.5, 0.6) is 34.5 Å². The van der Waals surface area contributed by atoms with Crippen LogP contribution in [0.1, 0.15) is 0 Å². The second-order valence-corrected chi connectivity index (χ2v) is 40.9. The van der Waals surface area contributed by atoms with Gasteiger partial charge >= 0.3 is 17.9 Å². The van der Waals surface area contributed by atoms with E-state index in [0.29, 0.717) is 101 Å². The van der Waals surface area contributed by atoms with Gasteiger partial charge in [0.25, 0.3) is 65.8 Å². The van der Waals surface area contributed by atoms with Gasteiger partial charge in [0.15, 0.2) is 0 Å². The summed E-state index contributed by atoms with van der Waals surface area (Å²) in [6.45, 7) is -1.93. The summed E-state index contributed by atoms with van der Waals surface area (Å²) in [7, 11) is -13.0. The fourth-order valence-electron chi connectivity index (χ4n) is 14.5. The van der Waals surface area contributed by atoms with Crippen molar-refractivity contribution in [3.63, 3.8) is 0 Å². The Morgan fingerprint density at radius 3 is 0.768 bits per heavy atom. The molecule has 36 nitrogen and oxygen atoms in total. The predicted octanol–water partition coefficient (Wildman–Crippen LogP) is 16.3. The summed E-state index contributed by atoms with van der Waals surface area (Å²) in [5.41, 5.74) is 20.9. The Morgan fingerprint density at radius 1 is 0.282 bits per heavy atom. The van der Waals surface area contributed by atoms with Crippen LogP contribution in [0.3, 0.4) is 0 Å². The van der Waals surface area contributed by atoms with Gasteiger partial charge < -0.3 is 60.2 Å². The summed E-state index contributed by atoms with van der Waals surface area (Å²) in [5.74, 6) is 0.204. The lowest BCUT2D eigenvalue weighted by molar-refractivity contribution is -0.383. The number of fused-ring (bicyclic) bond motifs is 5. The van der Waals surface area contributed by atoms with Crippen molar-refractivity contribution in [3.8, 4) is 34.5 Å². The molecular weight excluding hydrogens is 1950 g/mol. The molecule has 0 heterocycles. The zero-order chi connectivity index (χ0) is 103. The van der Waals surface area contributed by atoms with E-state index in [0.717, 1.165) is 36.2 Å². The van der Waals surface area contributed by atoms with Gasteiger partial charge in [0.2, 0.25) is 0 Å². The van der Waals surface area contributed by atoms with Crippen molar-refractivity contribution < 1.29 is 113 Å². The van der Waals surface area contributed by atoms with Crippen molar-refractivity contribution in [2.75, 3.05) is 121 Å². The van der Waals surface area contributed by atoms with Crippen molar-refractivity contribution in [3.05, 3.63) is 338 Å². The van der Waals surface area contributed by atoms with E-state index in [1.165, 1.54) is 201 Å². The molecular formula is C100H94N10O26S6. The molecule has 42 heteroatoms.